The molecule has 1 aliphatic carbocycles. The van der Waals surface area contributed by atoms with E-state index in [1.54, 1.807) is 24.4 Å². The number of carbonyl (C=O) groups is 1. The number of methoxy groups -OCH3 is 1. The first-order valence-corrected chi connectivity index (χ1v) is 12.4. The summed E-state index contributed by atoms with van der Waals surface area (Å²) in [5, 5.41) is 3.32. The molecule has 1 fully saturated rings. The Hall–Kier alpha value is -3.36. The molecule has 35 heavy (non-hydrogen) atoms. The smallest absolute Gasteiger partial charge is 0.249 e. The molecule has 2 aromatic rings. The van der Waals surface area contributed by atoms with Crippen molar-refractivity contribution in [1.29, 1.82) is 0 Å². The van der Waals surface area contributed by atoms with Gasteiger partial charge in [-0.3, -0.25) is 4.79 Å². The van der Waals surface area contributed by atoms with Gasteiger partial charge in [-0.25, -0.2) is 15.0 Å². The molecule has 3 aliphatic rings. The van der Waals surface area contributed by atoms with Crippen molar-refractivity contribution in [2.45, 2.75) is 70.5 Å². The molecular weight excluding hydrogens is 444 g/mol. The fourth-order valence-electron chi connectivity index (χ4n) is 5.27. The van der Waals surface area contributed by atoms with Crippen LogP contribution in [0.2, 0.25) is 0 Å². The fraction of sp³-hybridized carbons (Fsp3) is 0.538. The second-order valence-electron chi connectivity index (χ2n) is 10.1. The summed E-state index contributed by atoms with van der Waals surface area (Å²) in [6.45, 7) is 6.69. The number of hydrogen-bond acceptors (Lipinski definition) is 8. The molecule has 0 saturated heterocycles. The van der Waals surface area contributed by atoms with Gasteiger partial charge in [0.2, 0.25) is 11.8 Å². The zero-order valence-corrected chi connectivity index (χ0v) is 21.2. The number of fused-ring (bicyclic) bond motifs is 1. The van der Waals surface area contributed by atoms with Crippen molar-refractivity contribution in [2.75, 3.05) is 35.9 Å². The van der Waals surface area contributed by atoms with Crippen LogP contribution in [0.3, 0.4) is 0 Å². The van der Waals surface area contributed by atoms with E-state index in [1.807, 2.05) is 33.0 Å². The predicted octanol–water partition coefficient (Wildman–Crippen LogP) is 4.29. The average Bonchev–Trinajstić information content (AvgIpc) is 3.51. The van der Waals surface area contributed by atoms with E-state index >= 15 is 0 Å². The number of carbonyl (C=O) groups excluding carboxylic acids is 1. The zero-order valence-electron chi connectivity index (χ0n) is 21.2. The lowest BCUT2D eigenvalue weighted by atomic mass is 10.0. The van der Waals surface area contributed by atoms with Gasteiger partial charge in [-0.05, 0) is 39.2 Å². The lowest BCUT2D eigenvalue weighted by Gasteiger charge is -2.44. The monoisotopic (exact) mass is 478 g/mol. The second kappa shape index (κ2) is 9.02. The number of likely N-dealkylation sites (N-methyl/N-ethyl adjacent to an activating group) is 1. The van der Waals surface area contributed by atoms with Crippen LogP contribution in [0.15, 0.2) is 29.5 Å². The Balaban J connectivity index is 1.47. The van der Waals surface area contributed by atoms with Crippen LogP contribution in [0.1, 0.15) is 58.4 Å². The van der Waals surface area contributed by atoms with Crippen LogP contribution in [-0.4, -0.2) is 60.2 Å². The van der Waals surface area contributed by atoms with Gasteiger partial charge < -0.3 is 24.6 Å². The molecule has 9 heteroatoms. The number of aliphatic imine (C=N–C) groups is 1. The Kier molecular flexibility index (Phi) is 6.02. The van der Waals surface area contributed by atoms with Gasteiger partial charge in [-0.1, -0.05) is 19.8 Å². The van der Waals surface area contributed by atoms with Crippen LogP contribution in [0, 0.1) is 0 Å². The summed E-state index contributed by atoms with van der Waals surface area (Å²) in [7, 11) is 3.45. The maximum atomic E-state index is 13.1. The van der Waals surface area contributed by atoms with Gasteiger partial charge in [0.25, 0.3) is 0 Å². The summed E-state index contributed by atoms with van der Waals surface area (Å²) in [5.74, 6) is 2.49. The van der Waals surface area contributed by atoms with Gasteiger partial charge >= 0.3 is 0 Å². The van der Waals surface area contributed by atoms with E-state index in [4.69, 9.17) is 9.47 Å². The first kappa shape index (κ1) is 23.4. The zero-order chi connectivity index (χ0) is 24.7. The molecular formula is C26H34N6O3. The minimum Gasteiger partial charge on any atom is -0.493 e. The van der Waals surface area contributed by atoms with Crippen LogP contribution < -0.4 is 19.9 Å². The molecule has 1 N–H and O–H groups in total. The number of nitrogens with one attached hydrogen (secondary N) is 1. The van der Waals surface area contributed by atoms with Gasteiger partial charge in [0, 0.05) is 25.4 Å². The molecule has 0 unspecified atom stereocenters. The highest BCUT2D eigenvalue weighted by atomic mass is 16.5. The lowest BCUT2D eigenvalue weighted by Crippen LogP contribution is -2.55. The molecule has 4 heterocycles. The highest BCUT2D eigenvalue weighted by Crippen LogP contribution is 2.42. The number of amides is 1. The summed E-state index contributed by atoms with van der Waals surface area (Å²) in [6.07, 6.45) is 8.89. The molecule has 5 rings (SSSR count). The van der Waals surface area contributed by atoms with Crippen LogP contribution in [0.4, 0.5) is 23.0 Å². The van der Waals surface area contributed by atoms with Gasteiger partial charge in [0.05, 0.1) is 35.8 Å². The summed E-state index contributed by atoms with van der Waals surface area (Å²) in [5.41, 5.74) is 2.40. The molecule has 2 aromatic heterocycles. The quantitative estimate of drug-likeness (QED) is 0.662. The van der Waals surface area contributed by atoms with Gasteiger partial charge in [-0.2, -0.15) is 0 Å². The van der Waals surface area contributed by atoms with E-state index < -0.39 is 0 Å². The number of aromatic nitrogens is 2. The van der Waals surface area contributed by atoms with E-state index in [-0.39, 0.29) is 17.5 Å². The van der Waals surface area contributed by atoms with Crippen LogP contribution in [0.25, 0.3) is 0 Å². The first-order valence-electron chi connectivity index (χ1n) is 12.4. The summed E-state index contributed by atoms with van der Waals surface area (Å²) >= 11 is 0. The number of hydrogen-bond donors (Lipinski definition) is 1. The third-order valence-corrected chi connectivity index (χ3v) is 7.09. The standard InChI is InChI=1S/C26H34N6O3/c1-6-18-25(33)31(4)20-14-27-22(12-19(20)32(18)17-9-7-8-10-17)29-23-21(34-5)11-16(13-28-23)24-30-26(2,3)15-35-24/h11-14,17-18H,6-10,15H2,1-5H3,(H,27,28,29)/t18-/m1/s1. The molecule has 9 nitrogen and oxygen atoms in total. The van der Waals surface area contributed by atoms with E-state index in [9.17, 15) is 4.79 Å². The number of pyridine rings is 2. The van der Waals surface area contributed by atoms with Crippen molar-refractivity contribution in [1.82, 2.24) is 9.97 Å². The lowest BCUT2D eigenvalue weighted by molar-refractivity contribution is -0.120. The normalized spacial score (nSPS) is 21.6. The van der Waals surface area contributed by atoms with Crippen molar-refractivity contribution in [3.63, 3.8) is 0 Å². The predicted molar refractivity (Wildman–Crippen MR) is 137 cm³/mol. The first-order chi connectivity index (χ1) is 16.8. The topological polar surface area (TPSA) is 92.2 Å². The third kappa shape index (κ3) is 4.28. The molecule has 1 saturated carbocycles. The van der Waals surface area contributed by atoms with Crippen LogP contribution >= 0.6 is 0 Å². The second-order valence-corrected chi connectivity index (χ2v) is 10.1. The van der Waals surface area contributed by atoms with E-state index in [1.165, 1.54) is 12.8 Å². The minimum atomic E-state index is -0.247. The third-order valence-electron chi connectivity index (χ3n) is 7.09. The van der Waals surface area contributed by atoms with E-state index in [2.05, 4.69) is 32.1 Å². The van der Waals surface area contributed by atoms with Crippen molar-refractivity contribution >= 4 is 34.8 Å². The molecule has 1 atom stereocenters. The van der Waals surface area contributed by atoms with Crippen molar-refractivity contribution in [3.8, 4) is 5.75 Å². The Morgan fingerprint density at radius 1 is 1.17 bits per heavy atom. The highest BCUT2D eigenvalue weighted by molar-refractivity contribution is 6.05. The molecule has 1 amide bonds. The molecule has 0 aromatic carbocycles. The Morgan fingerprint density at radius 2 is 1.94 bits per heavy atom. The van der Waals surface area contributed by atoms with Crippen molar-refractivity contribution < 1.29 is 14.3 Å². The molecule has 2 aliphatic heterocycles. The van der Waals surface area contributed by atoms with Crippen molar-refractivity contribution in [3.05, 3.63) is 30.1 Å². The largest absolute Gasteiger partial charge is 0.493 e. The Labute approximate surface area is 206 Å². The molecule has 0 spiro atoms. The maximum absolute atomic E-state index is 13.1. The number of nitrogens with zero attached hydrogens (tertiary/aromatic N) is 5. The van der Waals surface area contributed by atoms with Gasteiger partial charge in [0.1, 0.15) is 18.5 Å². The van der Waals surface area contributed by atoms with Crippen LogP contribution in [-0.2, 0) is 9.53 Å². The molecule has 186 valence electrons. The Bertz CT molecular complexity index is 1160. The fourth-order valence-corrected chi connectivity index (χ4v) is 5.27. The molecule has 0 bridgehead atoms. The van der Waals surface area contributed by atoms with Crippen molar-refractivity contribution in [2.24, 2.45) is 4.99 Å². The minimum absolute atomic E-state index is 0.133. The summed E-state index contributed by atoms with van der Waals surface area (Å²) in [4.78, 5) is 31.0. The SMILES string of the molecule is CC[C@@H]1C(=O)N(C)c2cnc(Nc3ncc(C4=NC(C)(C)CO4)cc3OC)cc2N1C1CCCC1. The Morgan fingerprint density at radius 3 is 2.60 bits per heavy atom. The summed E-state index contributed by atoms with van der Waals surface area (Å²) < 4.78 is 11.4. The van der Waals surface area contributed by atoms with Gasteiger partial charge in [-0.15, -0.1) is 0 Å². The highest BCUT2D eigenvalue weighted by Gasteiger charge is 2.40. The number of rotatable bonds is 6. The summed E-state index contributed by atoms with van der Waals surface area (Å²) in [6, 6.07) is 4.11. The number of ether oxygens (including phenoxy) is 2. The van der Waals surface area contributed by atoms with E-state index in [0.29, 0.717) is 35.9 Å². The van der Waals surface area contributed by atoms with Gasteiger partial charge in [0.15, 0.2) is 11.6 Å². The van der Waals surface area contributed by atoms with E-state index in [0.717, 1.165) is 36.2 Å². The van der Waals surface area contributed by atoms with Crippen LogP contribution in [0.5, 0.6) is 5.75 Å². The molecule has 0 radical (unpaired) electrons. The average molecular weight is 479 g/mol. The maximum Gasteiger partial charge on any atom is 0.249 e. The number of anilines is 4.